The number of rotatable bonds is 8. The van der Waals surface area contributed by atoms with Gasteiger partial charge in [-0.1, -0.05) is 24.3 Å². The first-order valence-corrected chi connectivity index (χ1v) is 9.86. The van der Waals surface area contributed by atoms with Crippen LogP contribution in [0.3, 0.4) is 0 Å². The van der Waals surface area contributed by atoms with Gasteiger partial charge in [0, 0.05) is 39.3 Å². The molecule has 3 rings (SSSR count). The Kier molecular flexibility index (Phi) is 7.51. The number of aliphatic hydroxyl groups excluding tert-OH is 1. The predicted octanol–water partition coefficient (Wildman–Crippen LogP) is 0.123. The molecule has 8 heteroatoms. The van der Waals surface area contributed by atoms with Crippen LogP contribution in [0, 0.1) is 0 Å². The number of amidine groups is 1. The van der Waals surface area contributed by atoms with Gasteiger partial charge in [0.2, 0.25) is 0 Å². The van der Waals surface area contributed by atoms with Gasteiger partial charge in [-0.2, -0.15) is 0 Å². The minimum atomic E-state index is -0.653. The van der Waals surface area contributed by atoms with Crippen molar-refractivity contribution in [2.24, 2.45) is 9.98 Å². The van der Waals surface area contributed by atoms with Crippen molar-refractivity contribution in [1.82, 2.24) is 15.5 Å². The number of benzene rings is 1. The average molecular weight is 399 g/mol. The Morgan fingerprint density at radius 1 is 1.41 bits per heavy atom. The molecule has 156 valence electrons. The highest BCUT2D eigenvalue weighted by molar-refractivity contribution is 6.04. The first-order chi connectivity index (χ1) is 14.1. The zero-order valence-electron chi connectivity index (χ0n) is 16.8. The van der Waals surface area contributed by atoms with Gasteiger partial charge in [-0.05, 0) is 24.3 Å². The summed E-state index contributed by atoms with van der Waals surface area (Å²) in [6.45, 7) is 7.01. The zero-order chi connectivity index (χ0) is 20.6. The average Bonchev–Trinajstić information content (AvgIpc) is 2.71. The molecule has 1 unspecified atom stereocenters. The van der Waals surface area contributed by atoms with Crippen molar-refractivity contribution < 1.29 is 14.6 Å². The van der Waals surface area contributed by atoms with Gasteiger partial charge in [0.25, 0.3) is 5.91 Å². The fourth-order valence-corrected chi connectivity index (χ4v) is 3.37. The number of aliphatic hydroxyl groups is 1. The molecule has 0 spiro atoms. The number of fused-ring (bicyclic) bond motifs is 1. The molecule has 29 heavy (non-hydrogen) atoms. The molecule has 0 saturated carbocycles. The number of nitrogens with zero attached hydrogens (tertiary/aromatic N) is 3. The van der Waals surface area contributed by atoms with Gasteiger partial charge in [-0.25, -0.2) is 4.99 Å². The second-order valence-electron chi connectivity index (χ2n) is 7.26. The van der Waals surface area contributed by atoms with Crippen molar-refractivity contribution in [2.45, 2.75) is 25.1 Å². The first-order valence-electron chi connectivity index (χ1n) is 9.86. The van der Waals surface area contributed by atoms with Crippen LogP contribution in [0.15, 0.2) is 46.0 Å². The molecule has 2 aliphatic rings. The lowest BCUT2D eigenvalue weighted by Crippen LogP contribution is -2.43. The van der Waals surface area contributed by atoms with Crippen LogP contribution in [-0.4, -0.2) is 80.5 Å². The van der Waals surface area contributed by atoms with E-state index in [0.717, 1.165) is 19.5 Å². The Bertz CT molecular complexity index is 788. The van der Waals surface area contributed by atoms with Crippen LogP contribution in [0.2, 0.25) is 0 Å². The summed E-state index contributed by atoms with van der Waals surface area (Å²) in [7, 11) is 1.65. The summed E-state index contributed by atoms with van der Waals surface area (Å²) in [5, 5.41) is 16.0. The highest BCUT2D eigenvalue weighted by Gasteiger charge is 2.20. The lowest BCUT2D eigenvalue weighted by molar-refractivity contribution is -0.118. The fraction of sp³-hybridized carbons (Fsp3) is 0.476. The van der Waals surface area contributed by atoms with Gasteiger partial charge in [0.15, 0.2) is 0 Å². The van der Waals surface area contributed by atoms with E-state index in [1.807, 2.05) is 6.07 Å². The lowest BCUT2D eigenvalue weighted by Gasteiger charge is -2.30. The Hall–Kier alpha value is -2.55. The highest BCUT2D eigenvalue weighted by Crippen LogP contribution is 2.18. The summed E-state index contributed by atoms with van der Waals surface area (Å²) < 4.78 is 5.09. The van der Waals surface area contributed by atoms with E-state index in [0.29, 0.717) is 31.3 Å². The van der Waals surface area contributed by atoms with E-state index in [1.54, 1.807) is 13.1 Å². The van der Waals surface area contributed by atoms with Crippen LogP contribution in [0.5, 0.6) is 0 Å². The maximum Gasteiger partial charge on any atom is 0.267 e. The van der Waals surface area contributed by atoms with E-state index in [2.05, 4.69) is 50.4 Å². The van der Waals surface area contributed by atoms with E-state index in [-0.39, 0.29) is 18.5 Å². The molecule has 1 saturated heterocycles. The van der Waals surface area contributed by atoms with Crippen LogP contribution < -0.4 is 10.6 Å². The maximum absolute atomic E-state index is 12.4. The van der Waals surface area contributed by atoms with Gasteiger partial charge in [0.1, 0.15) is 11.5 Å². The number of aliphatic imine (C=N–C) groups is 2. The van der Waals surface area contributed by atoms with Crippen molar-refractivity contribution >= 4 is 18.5 Å². The Morgan fingerprint density at radius 3 is 2.83 bits per heavy atom. The van der Waals surface area contributed by atoms with Crippen LogP contribution in [0.4, 0.5) is 0 Å². The molecule has 0 bridgehead atoms. The van der Waals surface area contributed by atoms with Crippen LogP contribution in [0.1, 0.15) is 11.1 Å². The molecule has 2 aliphatic heterocycles. The summed E-state index contributed by atoms with van der Waals surface area (Å²) in [5.74, 6) is 0.0575. The number of nitrogens with one attached hydrogen (secondary N) is 2. The molecular formula is C21H29N5O3. The number of β-amino-alcohol motifs (C(OH)–C–C–N with tert-alkyl or cyclic N) is 1. The third-order valence-corrected chi connectivity index (χ3v) is 5.06. The predicted molar refractivity (Wildman–Crippen MR) is 113 cm³/mol. The van der Waals surface area contributed by atoms with Crippen LogP contribution >= 0.6 is 0 Å². The van der Waals surface area contributed by atoms with Gasteiger partial charge >= 0.3 is 0 Å². The van der Waals surface area contributed by atoms with Gasteiger partial charge in [0.05, 0.1) is 25.4 Å². The minimum absolute atomic E-state index is 0.0596. The topological polar surface area (TPSA) is 98.5 Å². The third-order valence-electron chi connectivity index (χ3n) is 5.06. The standard InChI is InChI=1S/C21H29N5O3/c1-22-19(9-20(23-2)25-17-13-29-14-17)21(28)24-10-18(27)12-26-8-7-15-5-3-4-6-16(15)11-26/h3-6,9,17-18,22,27H,2,7-8,10-14H2,1H3,(H,24,28). The second-order valence-corrected chi connectivity index (χ2v) is 7.26. The third kappa shape index (κ3) is 5.96. The highest BCUT2D eigenvalue weighted by atomic mass is 16.5. The lowest BCUT2D eigenvalue weighted by atomic mass is 10.00. The quantitative estimate of drug-likeness (QED) is 0.328. The molecule has 0 aromatic heterocycles. The maximum atomic E-state index is 12.4. The van der Waals surface area contributed by atoms with E-state index < -0.39 is 6.10 Å². The number of hydrogen-bond acceptors (Lipinski definition) is 6. The molecule has 2 heterocycles. The largest absolute Gasteiger partial charge is 0.390 e. The monoisotopic (exact) mass is 399 g/mol. The molecule has 0 radical (unpaired) electrons. The number of likely N-dealkylation sites (N-methyl/N-ethyl adjacent to an activating group) is 1. The van der Waals surface area contributed by atoms with E-state index in [4.69, 9.17) is 4.74 Å². The summed E-state index contributed by atoms with van der Waals surface area (Å²) in [5.41, 5.74) is 2.99. The molecule has 1 amide bonds. The minimum Gasteiger partial charge on any atom is -0.390 e. The molecule has 1 aromatic carbocycles. The molecule has 3 N–H and O–H groups in total. The number of amides is 1. The number of hydrogen-bond donors (Lipinski definition) is 3. The summed E-state index contributed by atoms with van der Waals surface area (Å²) >= 11 is 0. The summed E-state index contributed by atoms with van der Waals surface area (Å²) in [6, 6.07) is 8.44. The Morgan fingerprint density at radius 2 is 2.17 bits per heavy atom. The van der Waals surface area contributed by atoms with Crippen LogP contribution in [0.25, 0.3) is 0 Å². The van der Waals surface area contributed by atoms with E-state index in [9.17, 15) is 9.90 Å². The normalized spacial score (nSPS) is 19.1. The fourth-order valence-electron chi connectivity index (χ4n) is 3.37. The van der Waals surface area contributed by atoms with Crippen molar-refractivity contribution in [3.05, 3.63) is 47.2 Å². The summed E-state index contributed by atoms with van der Waals surface area (Å²) in [4.78, 5) is 22.9. The molecule has 1 fully saturated rings. The molecule has 0 aliphatic carbocycles. The number of ether oxygens (including phenoxy) is 1. The van der Waals surface area contributed by atoms with Gasteiger partial charge in [-0.15, -0.1) is 0 Å². The second kappa shape index (κ2) is 10.3. The molecule has 1 atom stereocenters. The molecule has 8 nitrogen and oxygen atoms in total. The SMILES string of the molecule is C=NC(C=C(NC)C(=O)NCC(O)CN1CCc2ccccc2C1)=NC1COC1. The molecular weight excluding hydrogens is 370 g/mol. The Balaban J connectivity index is 1.49. The van der Waals surface area contributed by atoms with Crippen LogP contribution in [-0.2, 0) is 22.5 Å². The number of carbonyl (C=O) groups is 1. The van der Waals surface area contributed by atoms with Crippen molar-refractivity contribution in [2.75, 3.05) is 39.9 Å². The van der Waals surface area contributed by atoms with Crippen molar-refractivity contribution in [3.8, 4) is 0 Å². The number of carbonyl (C=O) groups excluding carboxylic acids is 1. The van der Waals surface area contributed by atoms with Gasteiger partial charge in [-0.3, -0.25) is 14.7 Å². The van der Waals surface area contributed by atoms with Crippen molar-refractivity contribution in [1.29, 1.82) is 0 Å². The first kappa shape index (κ1) is 21.2. The van der Waals surface area contributed by atoms with Crippen molar-refractivity contribution in [3.63, 3.8) is 0 Å². The smallest absolute Gasteiger partial charge is 0.267 e. The summed E-state index contributed by atoms with van der Waals surface area (Å²) in [6.07, 6.45) is 1.87. The molecule has 1 aromatic rings. The Labute approximate surface area is 171 Å². The zero-order valence-corrected chi connectivity index (χ0v) is 16.8. The van der Waals surface area contributed by atoms with E-state index in [1.165, 1.54) is 11.1 Å². The van der Waals surface area contributed by atoms with E-state index >= 15 is 0 Å². The van der Waals surface area contributed by atoms with Gasteiger partial charge < -0.3 is 20.5 Å².